The zero-order valence-electron chi connectivity index (χ0n) is 17.2. The predicted molar refractivity (Wildman–Crippen MR) is 111 cm³/mol. The van der Waals surface area contributed by atoms with Crippen molar-refractivity contribution in [3.63, 3.8) is 0 Å². The monoisotopic (exact) mass is 426 g/mol. The van der Waals surface area contributed by atoms with Gasteiger partial charge in [-0.15, -0.1) is 0 Å². The number of hydrogen-bond donors (Lipinski definition) is 0. The van der Waals surface area contributed by atoms with Gasteiger partial charge >= 0.3 is 15.0 Å². The molecule has 0 amide bonds. The Morgan fingerprint density at radius 2 is 1.03 bits per heavy atom. The summed E-state index contributed by atoms with van der Waals surface area (Å²) in [6.07, 6.45) is -1.78. The Balaban J connectivity index is 2.31. The van der Waals surface area contributed by atoms with Gasteiger partial charge in [-0.3, -0.25) is 0 Å². The van der Waals surface area contributed by atoms with Crippen LogP contribution in [0.4, 0.5) is 13.2 Å². The zero-order chi connectivity index (χ0) is 21.3. The fourth-order valence-corrected chi connectivity index (χ4v) is 5.55. The van der Waals surface area contributed by atoms with Crippen molar-refractivity contribution >= 4 is 14.0 Å². The molecule has 0 saturated carbocycles. The van der Waals surface area contributed by atoms with Gasteiger partial charge in [0.2, 0.25) is 0 Å². The van der Waals surface area contributed by atoms with Crippen LogP contribution >= 0.6 is 0 Å². The number of benzene rings is 2. The molecule has 0 saturated heterocycles. The van der Waals surface area contributed by atoms with Crippen molar-refractivity contribution in [3.8, 4) is 11.1 Å². The first-order chi connectivity index (χ1) is 13.9. The lowest BCUT2D eigenvalue weighted by molar-refractivity contribution is -0.137. The lowest BCUT2D eigenvalue weighted by atomic mass is 10.0. The molecule has 160 valence electrons. The maximum atomic E-state index is 12.8. The van der Waals surface area contributed by atoms with E-state index in [0.29, 0.717) is 19.8 Å². The van der Waals surface area contributed by atoms with Crippen molar-refractivity contribution in [2.24, 2.45) is 0 Å². The molecule has 0 bridgehead atoms. The minimum Gasteiger partial charge on any atom is -0.370 e. The van der Waals surface area contributed by atoms with E-state index in [9.17, 15) is 13.2 Å². The SMILES string of the molecule is CCCO[Si](OCCC)(OCCC)c1ccc(-c2ccc(C(F)(F)F)cc2)cc1. The molecule has 0 radical (unpaired) electrons. The van der Waals surface area contributed by atoms with Crippen LogP contribution in [0.3, 0.4) is 0 Å². The highest BCUT2D eigenvalue weighted by molar-refractivity contribution is 6.75. The molecule has 29 heavy (non-hydrogen) atoms. The molecule has 2 aromatic rings. The Kier molecular flexibility index (Phi) is 8.89. The third-order valence-corrected chi connectivity index (χ3v) is 7.07. The van der Waals surface area contributed by atoms with Crippen LogP contribution < -0.4 is 5.19 Å². The zero-order valence-corrected chi connectivity index (χ0v) is 18.2. The van der Waals surface area contributed by atoms with Gasteiger partial charge in [0, 0.05) is 25.0 Å². The summed E-state index contributed by atoms with van der Waals surface area (Å²) in [6, 6.07) is 12.7. The van der Waals surface area contributed by atoms with Crippen LogP contribution in [0.25, 0.3) is 11.1 Å². The summed E-state index contributed by atoms with van der Waals surface area (Å²) < 4.78 is 56.7. The summed E-state index contributed by atoms with van der Waals surface area (Å²) in [6.45, 7) is 7.73. The highest BCUT2D eigenvalue weighted by Crippen LogP contribution is 2.31. The van der Waals surface area contributed by atoms with Crippen molar-refractivity contribution in [1.29, 1.82) is 0 Å². The van der Waals surface area contributed by atoms with Crippen molar-refractivity contribution in [2.75, 3.05) is 19.8 Å². The second-order valence-electron chi connectivity index (χ2n) is 6.75. The summed E-state index contributed by atoms with van der Waals surface area (Å²) >= 11 is 0. The number of rotatable bonds is 11. The van der Waals surface area contributed by atoms with E-state index in [1.807, 2.05) is 45.0 Å². The topological polar surface area (TPSA) is 27.7 Å². The molecule has 0 aromatic heterocycles. The molecule has 0 aliphatic carbocycles. The van der Waals surface area contributed by atoms with Crippen LogP contribution in [0.2, 0.25) is 0 Å². The summed E-state index contributed by atoms with van der Waals surface area (Å²) in [4.78, 5) is 0. The average molecular weight is 427 g/mol. The molecule has 0 spiro atoms. The van der Waals surface area contributed by atoms with E-state index in [-0.39, 0.29) is 0 Å². The van der Waals surface area contributed by atoms with Gasteiger partial charge in [0.25, 0.3) is 0 Å². The molecule has 2 aromatic carbocycles. The Labute approximate surface area is 172 Å². The van der Waals surface area contributed by atoms with Crippen molar-refractivity contribution in [2.45, 2.75) is 46.2 Å². The molecule has 0 atom stereocenters. The largest absolute Gasteiger partial charge is 0.537 e. The van der Waals surface area contributed by atoms with E-state index in [4.69, 9.17) is 13.3 Å². The smallest absolute Gasteiger partial charge is 0.370 e. The van der Waals surface area contributed by atoms with E-state index >= 15 is 0 Å². The molecule has 0 unspecified atom stereocenters. The summed E-state index contributed by atoms with van der Waals surface area (Å²) in [5, 5.41) is 0.864. The van der Waals surface area contributed by atoms with Gasteiger partial charge in [0.1, 0.15) is 0 Å². The van der Waals surface area contributed by atoms with Crippen LogP contribution in [-0.2, 0) is 19.5 Å². The van der Waals surface area contributed by atoms with Crippen LogP contribution in [-0.4, -0.2) is 28.6 Å². The summed E-state index contributed by atoms with van der Waals surface area (Å²) in [5.74, 6) is 0. The summed E-state index contributed by atoms with van der Waals surface area (Å²) in [5.41, 5.74) is 0.889. The fraction of sp³-hybridized carbons (Fsp3) is 0.455. The van der Waals surface area contributed by atoms with Crippen LogP contribution in [0.1, 0.15) is 45.6 Å². The molecule has 7 heteroatoms. The molecule has 0 aliphatic rings. The van der Waals surface area contributed by atoms with Gasteiger partial charge in [-0.2, -0.15) is 13.2 Å². The third kappa shape index (κ3) is 6.40. The maximum Gasteiger partial charge on any atom is 0.537 e. The third-order valence-electron chi connectivity index (χ3n) is 4.27. The van der Waals surface area contributed by atoms with Crippen LogP contribution in [0, 0.1) is 0 Å². The first kappa shape index (κ1) is 23.6. The molecular weight excluding hydrogens is 397 g/mol. The minimum absolute atomic E-state index is 0.542. The predicted octanol–water partition coefficient (Wildman–Crippen LogP) is 5.80. The quantitative estimate of drug-likeness (QED) is 0.425. The van der Waals surface area contributed by atoms with E-state index in [2.05, 4.69) is 0 Å². The highest BCUT2D eigenvalue weighted by atomic mass is 28.4. The second-order valence-corrected chi connectivity index (χ2v) is 9.31. The van der Waals surface area contributed by atoms with Crippen LogP contribution in [0.15, 0.2) is 48.5 Å². The molecule has 3 nitrogen and oxygen atoms in total. The normalized spacial score (nSPS) is 12.3. The van der Waals surface area contributed by atoms with Gasteiger partial charge < -0.3 is 13.3 Å². The standard InChI is InChI=1S/C22H29F3O3Si/c1-4-15-26-29(27-16-5-2,28-17-6-3)21-13-9-19(10-14-21)18-7-11-20(12-8-18)22(23,24)25/h7-14H,4-6,15-17H2,1-3H3. The minimum atomic E-state index is -4.34. The van der Waals surface area contributed by atoms with E-state index in [0.717, 1.165) is 47.7 Å². The van der Waals surface area contributed by atoms with Crippen molar-refractivity contribution in [3.05, 3.63) is 54.1 Å². The number of alkyl halides is 3. The average Bonchev–Trinajstić information content (AvgIpc) is 2.73. The van der Waals surface area contributed by atoms with E-state index < -0.39 is 20.5 Å². The lowest BCUT2D eigenvalue weighted by Crippen LogP contribution is -2.57. The van der Waals surface area contributed by atoms with Gasteiger partial charge in [0.15, 0.2) is 0 Å². The Morgan fingerprint density at radius 3 is 1.38 bits per heavy atom. The fourth-order valence-electron chi connectivity index (χ4n) is 2.80. The molecule has 0 N–H and O–H groups in total. The number of hydrogen-bond acceptors (Lipinski definition) is 3. The molecule has 2 rings (SSSR count). The molecule has 0 heterocycles. The highest BCUT2D eigenvalue weighted by Gasteiger charge is 2.43. The summed E-state index contributed by atoms with van der Waals surface area (Å²) in [7, 11) is -3.04. The molecule has 0 fully saturated rings. The van der Waals surface area contributed by atoms with Gasteiger partial charge in [0.05, 0.1) is 5.56 Å². The van der Waals surface area contributed by atoms with Crippen LogP contribution in [0.5, 0.6) is 0 Å². The lowest BCUT2D eigenvalue weighted by Gasteiger charge is -2.30. The number of halogens is 3. The Morgan fingerprint density at radius 1 is 0.655 bits per heavy atom. The van der Waals surface area contributed by atoms with Crippen molar-refractivity contribution < 1.29 is 26.4 Å². The molecular formula is C22H29F3O3Si. The Bertz CT molecular complexity index is 709. The molecule has 0 aliphatic heterocycles. The first-order valence-electron chi connectivity index (χ1n) is 10.1. The van der Waals surface area contributed by atoms with E-state index in [1.54, 1.807) is 0 Å². The maximum absolute atomic E-state index is 12.8. The van der Waals surface area contributed by atoms with Gasteiger partial charge in [-0.25, -0.2) is 0 Å². The van der Waals surface area contributed by atoms with Crippen molar-refractivity contribution in [1.82, 2.24) is 0 Å². The van der Waals surface area contributed by atoms with E-state index in [1.165, 1.54) is 12.1 Å². The second kappa shape index (κ2) is 10.9. The Hall–Kier alpha value is -1.67. The van der Waals surface area contributed by atoms with Gasteiger partial charge in [-0.1, -0.05) is 57.2 Å². The first-order valence-corrected chi connectivity index (χ1v) is 11.8. The van der Waals surface area contributed by atoms with Gasteiger partial charge in [-0.05, 0) is 42.5 Å².